The predicted octanol–water partition coefficient (Wildman–Crippen LogP) is 0.446. The van der Waals surface area contributed by atoms with Gasteiger partial charge in [0.1, 0.15) is 0 Å². The molecule has 18 heavy (non-hydrogen) atoms. The topological polar surface area (TPSA) is 82.9 Å². The summed E-state index contributed by atoms with van der Waals surface area (Å²) in [4.78, 5) is 15.1. The summed E-state index contributed by atoms with van der Waals surface area (Å²) in [6, 6.07) is 7.76. The van der Waals surface area contributed by atoms with E-state index in [4.69, 9.17) is 5.73 Å². The van der Waals surface area contributed by atoms with Gasteiger partial charge in [0.05, 0.1) is 5.56 Å². The molecule has 0 saturated carbocycles. The van der Waals surface area contributed by atoms with Gasteiger partial charge in [-0.25, -0.2) is 0 Å². The average Bonchev–Trinajstić information content (AvgIpc) is 2.82. The van der Waals surface area contributed by atoms with Crippen molar-refractivity contribution >= 4 is 16.8 Å². The first-order chi connectivity index (χ1) is 8.83. The highest BCUT2D eigenvalue weighted by molar-refractivity contribution is 6.06. The molecule has 1 amide bonds. The van der Waals surface area contributed by atoms with Crippen molar-refractivity contribution in [3.05, 3.63) is 36.0 Å². The summed E-state index contributed by atoms with van der Waals surface area (Å²) < 4.78 is 0. The minimum Gasteiger partial charge on any atom is -0.360 e. The van der Waals surface area contributed by atoms with Crippen LogP contribution in [0.25, 0.3) is 10.9 Å². The lowest BCUT2D eigenvalue weighted by Crippen LogP contribution is -2.33. The number of carbonyl (C=O) groups excluding carboxylic acids is 1. The number of carbonyl (C=O) groups is 1. The first kappa shape index (κ1) is 12.6. The molecular weight excluding hydrogens is 228 g/mol. The van der Waals surface area contributed by atoms with Crippen molar-refractivity contribution in [1.29, 1.82) is 0 Å². The molecular formula is C13H18N4O. The molecule has 0 atom stereocenters. The van der Waals surface area contributed by atoms with E-state index in [1.54, 1.807) is 6.20 Å². The fraction of sp³-hybridized carbons (Fsp3) is 0.308. The Hall–Kier alpha value is -1.85. The number of amides is 1. The lowest BCUT2D eigenvalue weighted by atomic mass is 10.1. The third-order valence-electron chi connectivity index (χ3n) is 2.74. The summed E-state index contributed by atoms with van der Waals surface area (Å²) in [6.45, 7) is 2.70. The summed E-state index contributed by atoms with van der Waals surface area (Å²) >= 11 is 0. The Labute approximate surface area is 106 Å². The van der Waals surface area contributed by atoms with E-state index in [0.29, 0.717) is 18.7 Å². The van der Waals surface area contributed by atoms with Gasteiger partial charge in [0.25, 0.3) is 5.91 Å². The van der Waals surface area contributed by atoms with Crippen LogP contribution >= 0.6 is 0 Å². The molecule has 2 rings (SSSR count). The maximum absolute atomic E-state index is 12.0. The molecule has 0 radical (unpaired) electrons. The van der Waals surface area contributed by atoms with E-state index in [2.05, 4.69) is 15.6 Å². The largest absolute Gasteiger partial charge is 0.360 e. The van der Waals surface area contributed by atoms with Gasteiger partial charge in [0, 0.05) is 43.3 Å². The zero-order valence-corrected chi connectivity index (χ0v) is 10.2. The van der Waals surface area contributed by atoms with Gasteiger partial charge in [-0.2, -0.15) is 0 Å². The number of aromatic nitrogens is 1. The molecule has 96 valence electrons. The van der Waals surface area contributed by atoms with Crippen LogP contribution < -0.4 is 16.4 Å². The smallest absolute Gasteiger partial charge is 0.253 e. The minimum absolute atomic E-state index is 0.0537. The van der Waals surface area contributed by atoms with Crippen LogP contribution in [0.15, 0.2) is 30.5 Å². The zero-order valence-electron chi connectivity index (χ0n) is 10.2. The molecule has 0 fully saturated rings. The lowest BCUT2D eigenvalue weighted by molar-refractivity contribution is 0.0955. The van der Waals surface area contributed by atoms with E-state index in [1.165, 1.54) is 0 Å². The fourth-order valence-electron chi connectivity index (χ4n) is 1.85. The minimum atomic E-state index is -0.0537. The fourth-order valence-corrected chi connectivity index (χ4v) is 1.85. The number of aromatic amines is 1. The van der Waals surface area contributed by atoms with Crippen LogP contribution in [-0.2, 0) is 0 Å². The summed E-state index contributed by atoms with van der Waals surface area (Å²) in [5.41, 5.74) is 7.02. The number of benzene rings is 1. The first-order valence-corrected chi connectivity index (χ1v) is 6.08. The molecule has 1 aromatic heterocycles. The number of hydrogen-bond donors (Lipinski definition) is 4. The Bertz CT molecular complexity index is 520. The van der Waals surface area contributed by atoms with Gasteiger partial charge in [0.2, 0.25) is 0 Å². The van der Waals surface area contributed by atoms with Crippen molar-refractivity contribution in [3.63, 3.8) is 0 Å². The molecule has 1 aromatic carbocycles. The third kappa shape index (κ3) is 2.88. The van der Waals surface area contributed by atoms with E-state index < -0.39 is 0 Å². The number of nitrogens with two attached hydrogens (primary N) is 1. The summed E-state index contributed by atoms with van der Waals surface area (Å²) in [5, 5.41) is 6.95. The van der Waals surface area contributed by atoms with Crippen LogP contribution in [0.1, 0.15) is 10.4 Å². The molecule has 5 heteroatoms. The Morgan fingerprint density at radius 3 is 2.89 bits per heavy atom. The van der Waals surface area contributed by atoms with Gasteiger partial charge in [-0.3, -0.25) is 4.79 Å². The van der Waals surface area contributed by atoms with Gasteiger partial charge in [-0.15, -0.1) is 0 Å². The number of rotatable bonds is 6. The van der Waals surface area contributed by atoms with Gasteiger partial charge in [-0.1, -0.05) is 18.2 Å². The van der Waals surface area contributed by atoms with Crippen LogP contribution in [-0.4, -0.2) is 37.1 Å². The number of fused-ring (bicyclic) bond motifs is 1. The second-order valence-electron chi connectivity index (χ2n) is 4.04. The van der Waals surface area contributed by atoms with Crippen molar-refractivity contribution in [2.45, 2.75) is 0 Å². The molecule has 1 heterocycles. The van der Waals surface area contributed by atoms with E-state index in [0.717, 1.165) is 24.0 Å². The van der Waals surface area contributed by atoms with Gasteiger partial charge in [0.15, 0.2) is 0 Å². The quantitative estimate of drug-likeness (QED) is 0.558. The molecule has 0 aliphatic heterocycles. The summed E-state index contributed by atoms with van der Waals surface area (Å²) in [5.74, 6) is -0.0537. The number of H-pyrrole nitrogens is 1. The van der Waals surface area contributed by atoms with Gasteiger partial charge < -0.3 is 21.4 Å². The van der Waals surface area contributed by atoms with Crippen molar-refractivity contribution in [2.75, 3.05) is 26.2 Å². The van der Waals surface area contributed by atoms with Gasteiger partial charge in [-0.05, 0) is 6.07 Å². The second kappa shape index (κ2) is 6.18. The third-order valence-corrected chi connectivity index (χ3v) is 2.74. The SMILES string of the molecule is NCCNCCNC(=O)c1c[nH]c2ccccc12. The number of para-hydroxylation sites is 1. The van der Waals surface area contributed by atoms with E-state index in [1.807, 2.05) is 24.3 Å². The molecule has 0 spiro atoms. The number of hydrogen-bond acceptors (Lipinski definition) is 3. The molecule has 5 nitrogen and oxygen atoms in total. The van der Waals surface area contributed by atoms with Crippen LogP contribution in [0.4, 0.5) is 0 Å². The maximum Gasteiger partial charge on any atom is 0.253 e. The van der Waals surface area contributed by atoms with Crippen LogP contribution in [0.5, 0.6) is 0 Å². The Kier molecular flexibility index (Phi) is 4.33. The Morgan fingerprint density at radius 1 is 1.22 bits per heavy atom. The number of nitrogens with one attached hydrogen (secondary N) is 3. The van der Waals surface area contributed by atoms with Crippen LogP contribution in [0.3, 0.4) is 0 Å². The molecule has 0 saturated heterocycles. The normalized spacial score (nSPS) is 10.7. The highest BCUT2D eigenvalue weighted by atomic mass is 16.1. The zero-order chi connectivity index (χ0) is 12.8. The Balaban J connectivity index is 1.93. The van der Waals surface area contributed by atoms with Crippen LogP contribution in [0, 0.1) is 0 Å². The predicted molar refractivity (Wildman–Crippen MR) is 72.6 cm³/mol. The highest BCUT2D eigenvalue weighted by Crippen LogP contribution is 2.17. The summed E-state index contributed by atoms with van der Waals surface area (Å²) in [7, 11) is 0. The van der Waals surface area contributed by atoms with Crippen molar-refractivity contribution in [3.8, 4) is 0 Å². The molecule has 2 aromatic rings. The van der Waals surface area contributed by atoms with Crippen LogP contribution in [0.2, 0.25) is 0 Å². The standard InChI is InChI=1S/C13H18N4O/c14-5-6-15-7-8-16-13(18)11-9-17-12-4-2-1-3-10(11)12/h1-4,9,15,17H,5-8,14H2,(H,16,18). The maximum atomic E-state index is 12.0. The lowest BCUT2D eigenvalue weighted by Gasteiger charge is -2.05. The Morgan fingerprint density at radius 2 is 2.06 bits per heavy atom. The molecule has 0 unspecified atom stereocenters. The second-order valence-corrected chi connectivity index (χ2v) is 4.04. The highest BCUT2D eigenvalue weighted by Gasteiger charge is 2.10. The van der Waals surface area contributed by atoms with Crippen molar-refractivity contribution in [1.82, 2.24) is 15.6 Å². The van der Waals surface area contributed by atoms with E-state index in [-0.39, 0.29) is 5.91 Å². The molecule has 5 N–H and O–H groups in total. The van der Waals surface area contributed by atoms with Crippen molar-refractivity contribution < 1.29 is 4.79 Å². The summed E-state index contributed by atoms with van der Waals surface area (Å²) in [6.07, 6.45) is 1.74. The molecule has 0 bridgehead atoms. The average molecular weight is 246 g/mol. The molecule has 0 aliphatic rings. The van der Waals surface area contributed by atoms with E-state index in [9.17, 15) is 4.79 Å². The first-order valence-electron chi connectivity index (χ1n) is 6.08. The molecule has 0 aliphatic carbocycles. The van der Waals surface area contributed by atoms with Crippen molar-refractivity contribution in [2.24, 2.45) is 5.73 Å². The monoisotopic (exact) mass is 246 g/mol. The van der Waals surface area contributed by atoms with Gasteiger partial charge >= 0.3 is 0 Å². The van der Waals surface area contributed by atoms with E-state index >= 15 is 0 Å².